The van der Waals surface area contributed by atoms with Crippen molar-refractivity contribution in [1.29, 1.82) is 0 Å². The molecule has 0 aliphatic carbocycles. The fourth-order valence-corrected chi connectivity index (χ4v) is 2.45. The molecule has 3 nitrogen and oxygen atoms in total. The van der Waals surface area contributed by atoms with Gasteiger partial charge < -0.3 is 10.0 Å². The Morgan fingerprint density at radius 3 is 2.47 bits per heavy atom. The van der Waals surface area contributed by atoms with Gasteiger partial charge in [0.05, 0.1) is 0 Å². The van der Waals surface area contributed by atoms with Crippen molar-refractivity contribution in [2.75, 3.05) is 13.0 Å². The van der Waals surface area contributed by atoms with Crippen molar-refractivity contribution in [2.24, 2.45) is 0 Å². The number of rotatable bonds is 3. The van der Waals surface area contributed by atoms with E-state index < -0.39 is 31.7 Å². The summed E-state index contributed by atoms with van der Waals surface area (Å²) in [7, 11) is -1.90. The summed E-state index contributed by atoms with van der Waals surface area (Å²) in [6.45, 7) is -0.0788. The van der Waals surface area contributed by atoms with Crippen LogP contribution in [0.4, 0.5) is 13.2 Å². The number of alkyl halides is 3. The van der Waals surface area contributed by atoms with E-state index in [1.165, 1.54) is 0 Å². The van der Waals surface area contributed by atoms with E-state index in [2.05, 4.69) is 0 Å². The number of halogens is 3. The Hall–Kier alpha value is -1.05. The van der Waals surface area contributed by atoms with E-state index in [0.717, 1.165) is 0 Å². The number of benzene rings is 1. The van der Waals surface area contributed by atoms with Crippen molar-refractivity contribution in [3.63, 3.8) is 0 Å². The van der Waals surface area contributed by atoms with Crippen LogP contribution in [0.2, 0.25) is 0 Å². The van der Waals surface area contributed by atoms with Gasteiger partial charge in [0, 0.05) is 18.9 Å². The molecule has 0 radical (unpaired) electrons. The van der Waals surface area contributed by atoms with E-state index in [4.69, 9.17) is 10.0 Å². The molecule has 104 valence electrons. The molecule has 19 heavy (non-hydrogen) atoms. The molecule has 7 heteroatoms. The smallest absolute Gasteiger partial charge is 0.426 e. The van der Waals surface area contributed by atoms with E-state index in [9.17, 15) is 13.2 Å². The predicted molar refractivity (Wildman–Crippen MR) is 65.4 cm³/mol. The highest BCUT2D eigenvalue weighted by atomic mass is 19.3. The summed E-state index contributed by atoms with van der Waals surface area (Å²) in [5.74, 6) is -0.872. The number of likely N-dealkylation sites (tertiary alicyclic amines) is 1. The first-order valence-electron chi connectivity index (χ1n) is 6.11. The third-order valence-corrected chi connectivity index (χ3v) is 3.43. The zero-order chi connectivity index (χ0) is 14.0. The summed E-state index contributed by atoms with van der Waals surface area (Å²) in [6.07, 6.45) is -2.80. The quantitative estimate of drug-likeness (QED) is 0.646. The zero-order valence-electron chi connectivity index (χ0n) is 10.2. The maximum Gasteiger partial charge on any atom is 0.466 e. The molecule has 0 spiro atoms. The largest absolute Gasteiger partial charge is 0.466 e. The standard InChI is InChI=1S/C12H15BF3NO2/c14-11-10(9-4-2-1-3-5-9)6-7-17(8-13(18)19)12(11,15)16/h1-5,10-11,18-19H,6-8H2. The summed E-state index contributed by atoms with van der Waals surface area (Å²) < 4.78 is 41.8. The molecule has 0 saturated carbocycles. The number of hydrogen-bond acceptors (Lipinski definition) is 3. The van der Waals surface area contributed by atoms with Gasteiger partial charge in [-0.3, -0.25) is 0 Å². The third-order valence-electron chi connectivity index (χ3n) is 3.43. The summed E-state index contributed by atoms with van der Waals surface area (Å²) in [6, 6.07) is 4.68. The zero-order valence-corrected chi connectivity index (χ0v) is 10.2. The average Bonchev–Trinajstić information content (AvgIpc) is 2.36. The molecule has 1 heterocycles. The first kappa shape index (κ1) is 14.4. The van der Waals surface area contributed by atoms with Crippen LogP contribution in [-0.4, -0.2) is 47.3 Å². The Morgan fingerprint density at radius 1 is 1.26 bits per heavy atom. The monoisotopic (exact) mass is 273 g/mol. The van der Waals surface area contributed by atoms with Gasteiger partial charge in [-0.1, -0.05) is 30.3 Å². The van der Waals surface area contributed by atoms with Crippen LogP contribution in [0.25, 0.3) is 0 Å². The van der Waals surface area contributed by atoms with E-state index in [-0.39, 0.29) is 13.0 Å². The molecule has 1 fully saturated rings. The lowest BCUT2D eigenvalue weighted by Crippen LogP contribution is -2.57. The van der Waals surface area contributed by atoms with Crippen LogP contribution in [0, 0.1) is 0 Å². The molecule has 0 bridgehead atoms. The Morgan fingerprint density at radius 2 is 1.89 bits per heavy atom. The van der Waals surface area contributed by atoms with Gasteiger partial charge in [-0.2, -0.15) is 8.78 Å². The third kappa shape index (κ3) is 2.93. The lowest BCUT2D eigenvalue weighted by atomic mass is 9.83. The normalized spacial score (nSPS) is 27.2. The maximum atomic E-state index is 14.1. The maximum absolute atomic E-state index is 14.1. The van der Waals surface area contributed by atoms with Crippen LogP contribution in [0.1, 0.15) is 17.9 Å². The van der Waals surface area contributed by atoms with Gasteiger partial charge in [-0.05, 0) is 12.0 Å². The molecule has 1 saturated heterocycles. The fourth-order valence-electron chi connectivity index (χ4n) is 2.45. The lowest BCUT2D eigenvalue weighted by molar-refractivity contribution is -0.211. The molecule has 2 N–H and O–H groups in total. The van der Waals surface area contributed by atoms with Crippen LogP contribution in [0.5, 0.6) is 0 Å². The molecule has 2 unspecified atom stereocenters. The van der Waals surface area contributed by atoms with Gasteiger partial charge in [0.1, 0.15) is 0 Å². The van der Waals surface area contributed by atoms with E-state index >= 15 is 0 Å². The van der Waals surface area contributed by atoms with Crippen molar-refractivity contribution in [3.8, 4) is 0 Å². The first-order chi connectivity index (χ1) is 8.93. The van der Waals surface area contributed by atoms with Gasteiger partial charge in [-0.25, -0.2) is 9.29 Å². The molecular formula is C12H15BF3NO2. The second-order valence-electron chi connectivity index (χ2n) is 4.72. The minimum absolute atomic E-state index is 0.0788. The Kier molecular flexibility index (Phi) is 4.18. The summed E-state index contributed by atoms with van der Waals surface area (Å²) >= 11 is 0. The lowest BCUT2D eigenvalue weighted by Gasteiger charge is -2.41. The van der Waals surface area contributed by atoms with E-state index in [1.54, 1.807) is 30.3 Å². The Balaban J connectivity index is 2.17. The number of hydrogen-bond donors (Lipinski definition) is 2. The van der Waals surface area contributed by atoms with Crippen molar-refractivity contribution < 1.29 is 23.2 Å². The van der Waals surface area contributed by atoms with Gasteiger partial charge in [0.25, 0.3) is 0 Å². The second-order valence-corrected chi connectivity index (χ2v) is 4.72. The Bertz CT molecular complexity index is 419. The summed E-state index contributed by atoms with van der Waals surface area (Å²) in [5.41, 5.74) is 0.541. The van der Waals surface area contributed by atoms with Crippen molar-refractivity contribution in [1.82, 2.24) is 4.90 Å². The molecule has 1 aliphatic rings. The predicted octanol–water partition coefficient (Wildman–Crippen LogP) is 1.42. The van der Waals surface area contributed by atoms with Crippen LogP contribution >= 0.6 is 0 Å². The van der Waals surface area contributed by atoms with Crippen LogP contribution in [0.3, 0.4) is 0 Å². The Labute approximate surface area is 109 Å². The fraction of sp³-hybridized carbons (Fsp3) is 0.500. The van der Waals surface area contributed by atoms with Crippen molar-refractivity contribution in [3.05, 3.63) is 35.9 Å². The van der Waals surface area contributed by atoms with Crippen molar-refractivity contribution >= 4 is 7.12 Å². The topological polar surface area (TPSA) is 43.7 Å². The molecule has 1 aliphatic heterocycles. The van der Waals surface area contributed by atoms with Crippen molar-refractivity contribution in [2.45, 2.75) is 24.6 Å². The van der Waals surface area contributed by atoms with Crippen LogP contribution in [0.15, 0.2) is 30.3 Å². The summed E-state index contributed by atoms with van der Waals surface area (Å²) in [4.78, 5) is 0.488. The van der Waals surface area contributed by atoms with Crippen LogP contribution in [-0.2, 0) is 0 Å². The van der Waals surface area contributed by atoms with Gasteiger partial charge in [0.15, 0.2) is 6.17 Å². The average molecular weight is 273 g/mol. The van der Waals surface area contributed by atoms with Gasteiger partial charge in [0.2, 0.25) is 0 Å². The number of piperidine rings is 1. The van der Waals surface area contributed by atoms with E-state index in [1.807, 2.05) is 0 Å². The highest BCUT2D eigenvalue weighted by Gasteiger charge is 2.53. The van der Waals surface area contributed by atoms with Gasteiger partial charge >= 0.3 is 13.2 Å². The van der Waals surface area contributed by atoms with Gasteiger partial charge in [-0.15, -0.1) is 0 Å². The highest BCUT2D eigenvalue weighted by molar-refractivity contribution is 6.41. The molecule has 0 aromatic heterocycles. The first-order valence-corrected chi connectivity index (χ1v) is 6.11. The second kappa shape index (κ2) is 5.52. The molecule has 1 aromatic carbocycles. The summed E-state index contributed by atoms with van der Waals surface area (Å²) in [5, 5.41) is 17.5. The molecule has 1 aromatic rings. The van der Waals surface area contributed by atoms with E-state index in [0.29, 0.717) is 10.5 Å². The highest BCUT2D eigenvalue weighted by Crippen LogP contribution is 2.41. The number of nitrogens with zero attached hydrogens (tertiary/aromatic N) is 1. The molecule has 2 rings (SSSR count). The minimum atomic E-state index is -3.69. The SMILES string of the molecule is OB(O)CN1CCC(c2ccccc2)C(F)C1(F)F. The molecular weight excluding hydrogens is 258 g/mol. The minimum Gasteiger partial charge on any atom is -0.426 e. The molecule has 2 atom stereocenters. The molecule has 0 amide bonds. The van der Waals surface area contributed by atoms with Crippen LogP contribution < -0.4 is 0 Å².